The van der Waals surface area contributed by atoms with Gasteiger partial charge in [0, 0.05) is 18.1 Å². The van der Waals surface area contributed by atoms with Gasteiger partial charge in [0.25, 0.3) is 0 Å². The number of rotatable bonds is 11. The van der Waals surface area contributed by atoms with Crippen LogP contribution in [0, 0.1) is 0 Å². The van der Waals surface area contributed by atoms with Crippen molar-refractivity contribution in [3.05, 3.63) is 82.9 Å². The van der Waals surface area contributed by atoms with Gasteiger partial charge in [-0.2, -0.15) is 0 Å². The van der Waals surface area contributed by atoms with Crippen LogP contribution < -0.4 is 14.8 Å². The van der Waals surface area contributed by atoms with Crippen molar-refractivity contribution in [2.45, 2.75) is 26.1 Å². The molecule has 3 aromatic carbocycles. The van der Waals surface area contributed by atoms with E-state index in [9.17, 15) is 15.0 Å². The van der Waals surface area contributed by atoms with E-state index >= 15 is 0 Å². The molecule has 0 bridgehead atoms. The Hall–Kier alpha value is -3.06. The second kappa shape index (κ2) is 11.7. The van der Waals surface area contributed by atoms with Gasteiger partial charge in [0.2, 0.25) is 0 Å². The Morgan fingerprint density at radius 1 is 1.03 bits per heavy atom. The molecule has 174 valence electrons. The molecule has 0 aliphatic heterocycles. The van der Waals surface area contributed by atoms with Crippen molar-refractivity contribution in [3.8, 4) is 22.6 Å². The molecule has 0 spiro atoms. The Bertz CT molecular complexity index is 1070. The fraction of sp³-hybridized carbons (Fsp3) is 0.269. The lowest BCUT2D eigenvalue weighted by Gasteiger charge is -2.14. The van der Waals surface area contributed by atoms with Crippen molar-refractivity contribution >= 4 is 17.6 Å². The van der Waals surface area contributed by atoms with Crippen molar-refractivity contribution in [3.63, 3.8) is 0 Å². The molecular formula is C26H28ClNO5. The molecule has 3 N–H and O–H groups in total. The van der Waals surface area contributed by atoms with E-state index in [-0.39, 0.29) is 11.7 Å². The van der Waals surface area contributed by atoms with E-state index in [1.54, 1.807) is 30.3 Å². The molecule has 3 aromatic rings. The number of benzene rings is 3. The van der Waals surface area contributed by atoms with Crippen LogP contribution in [0.5, 0.6) is 11.5 Å². The first kappa shape index (κ1) is 24.6. The van der Waals surface area contributed by atoms with E-state index in [2.05, 4.69) is 5.32 Å². The first-order valence-corrected chi connectivity index (χ1v) is 11.1. The SMILES string of the molecule is CC(C)Oc1cc(-c2ccc(OCCNC[C@H](O)c3cccc(Cl)c3)cc2)ccc1C(=O)O. The highest BCUT2D eigenvalue weighted by Crippen LogP contribution is 2.29. The summed E-state index contributed by atoms with van der Waals surface area (Å²) in [5.74, 6) is 0.0488. The molecule has 0 radical (unpaired) electrons. The Morgan fingerprint density at radius 3 is 2.42 bits per heavy atom. The normalized spacial score (nSPS) is 11.9. The summed E-state index contributed by atoms with van der Waals surface area (Å²) < 4.78 is 11.4. The van der Waals surface area contributed by atoms with Gasteiger partial charge in [-0.15, -0.1) is 0 Å². The van der Waals surface area contributed by atoms with Crippen molar-refractivity contribution in [1.29, 1.82) is 0 Å². The number of ether oxygens (including phenoxy) is 2. The maximum absolute atomic E-state index is 11.4. The third-order valence-electron chi connectivity index (χ3n) is 4.88. The lowest BCUT2D eigenvalue weighted by molar-refractivity contribution is 0.0690. The Balaban J connectivity index is 1.51. The summed E-state index contributed by atoms with van der Waals surface area (Å²) >= 11 is 5.96. The van der Waals surface area contributed by atoms with Crippen LogP contribution in [-0.2, 0) is 0 Å². The summed E-state index contributed by atoms with van der Waals surface area (Å²) in [6.45, 7) is 5.14. The third-order valence-corrected chi connectivity index (χ3v) is 5.12. The summed E-state index contributed by atoms with van der Waals surface area (Å²) in [5.41, 5.74) is 2.69. The lowest BCUT2D eigenvalue weighted by Crippen LogP contribution is -2.26. The van der Waals surface area contributed by atoms with Gasteiger partial charge in [-0.05, 0) is 66.9 Å². The van der Waals surface area contributed by atoms with Crippen molar-refractivity contribution in [2.75, 3.05) is 19.7 Å². The van der Waals surface area contributed by atoms with Crippen LogP contribution in [-0.4, -0.2) is 42.0 Å². The second-order valence-electron chi connectivity index (χ2n) is 7.83. The average Bonchev–Trinajstić information content (AvgIpc) is 2.78. The highest BCUT2D eigenvalue weighted by Gasteiger charge is 2.14. The summed E-state index contributed by atoms with van der Waals surface area (Å²) in [7, 11) is 0. The minimum absolute atomic E-state index is 0.130. The number of carboxylic acid groups (broad SMARTS) is 1. The maximum Gasteiger partial charge on any atom is 0.339 e. The highest BCUT2D eigenvalue weighted by atomic mass is 35.5. The van der Waals surface area contributed by atoms with Gasteiger partial charge in [-0.25, -0.2) is 4.79 Å². The first-order chi connectivity index (χ1) is 15.8. The molecule has 0 unspecified atom stereocenters. The summed E-state index contributed by atoms with van der Waals surface area (Å²) in [6, 6.07) is 19.8. The van der Waals surface area contributed by atoms with Gasteiger partial charge in [-0.3, -0.25) is 0 Å². The molecule has 0 saturated carbocycles. The zero-order chi connectivity index (χ0) is 23.8. The monoisotopic (exact) mass is 469 g/mol. The summed E-state index contributed by atoms with van der Waals surface area (Å²) in [4.78, 5) is 11.4. The molecule has 0 amide bonds. The first-order valence-electron chi connectivity index (χ1n) is 10.7. The minimum Gasteiger partial charge on any atom is -0.492 e. The Labute approximate surface area is 198 Å². The number of nitrogens with one attached hydrogen (secondary N) is 1. The van der Waals surface area contributed by atoms with E-state index in [0.29, 0.717) is 30.5 Å². The number of hydrogen-bond donors (Lipinski definition) is 3. The standard InChI is InChI=1S/C26H28ClNO5/c1-17(2)33-25-15-19(8-11-23(25)26(30)31)18-6-9-22(10-7-18)32-13-12-28-16-24(29)20-4-3-5-21(27)14-20/h3-11,14-15,17,24,28-29H,12-13,16H2,1-2H3,(H,30,31)/t24-/m0/s1. The molecule has 0 saturated heterocycles. The van der Waals surface area contributed by atoms with Crippen LogP contribution >= 0.6 is 11.6 Å². The average molecular weight is 470 g/mol. The predicted octanol–water partition coefficient (Wildman–Crippen LogP) is 5.19. The number of hydrogen-bond acceptors (Lipinski definition) is 5. The van der Waals surface area contributed by atoms with Gasteiger partial charge in [0.05, 0.1) is 12.2 Å². The smallest absolute Gasteiger partial charge is 0.339 e. The van der Waals surface area contributed by atoms with Crippen LogP contribution in [0.25, 0.3) is 11.1 Å². The van der Waals surface area contributed by atoms with Gasteiger partial charge in [0.1, 0.15) is 23.7 Å². The van der Waals surface area contributed by atoms with Crippen LogP contribution in [0.3, 0.4) is 0 Å². The molecule has 0 heterocycles. The molecule has 33 heavy (non-hydrogen) atoms. The quantitative estimate of drug-likeness (QED) is 0.335. The van der Waals surface area contributed by atoms with Crippen molar-refractivity contribution in [2.24, 2.45) is 0 Å². The molecule has 0 aliphatic carbocycles. The van der Waals surface area contributed by atoms with E-state index in [0.717, 1.165) is 22.4 Å². The van der Waals surface area contributed by atoms with Crippen LogP contribution in [0.2, 0.25) is 5.02 Å². The zero-order valence-electron chi connectivity index (χ0n) is 18.6. The molecule has 1 atom stereocenters. The number of carbonyl (C=O) groups is 1. The van der Waals surface area contributed by atoms with Crippen molar-refractivity contribution < 1.29 is 24.5 Å². The Kier molecular flexibility index (Phi) is 8.72. The van der Waals surface area contributed by atoms with E-state index in [1.165, 1.54) is 0 Å². The number of aromatic carboxylic acids is 1. The summed E-state index contributed by atoms with van der Waals surface area (Å²) in [6.07, 6.45) is -0.769. The number of aliphatic hydroxyl groups excluding tert-OH is 1. The molecular weight excluding hydrogens is 442 g/mol. The van der Waals surface area contributed by atoms with Crippen LogP contribution in [0.4, 0.5) is 0 Å². The van der Waals surface area contributed by atoms with Gasteiger partial charge < -0.3 is 25.0 Å². The highest BCUT2D eigenvalue weighted by molar-refractivity contribution is 6.30. The molecule has 0 aliphatic rings. The lowest BCUT2D eigenvalue weighted by atomic mass is 10.0. The van der Waals surface area contributed by atoms with Crippen LogP contribution in [0.1, 0.15) is 35.9 Å². The largest absolute Gasteiger partial charge is 0.492 e. The van der Waals surface area contributed by atoms with Gasteiger partial charge in [0.15, 0.2) is 0 Å². The molecule has 6 nitrogen and oxygen atoms in total. The minimum atomic E-state index is -1.02. The topological polar surface area (TPSA) is 88.0 Å². The fourth-order valence-corrected chi connectivity index (χ4v) is 3.48. The van der Waals surface area contributed by atoms with Crippen molar-refractivity contribution in [1.82, 2.24) is 5.32 Å². The van der Waals surface area contributed by atoms with Gasteiger partial charge in [-0.1, -0.05) is 41.9 Å². The summed E-state index contributed by atoms with van der Waals surface area (Å²) in [5, 5.41) is 23.4. The zero-order valence-corrected chi connectivity index (χ0v) is 19.4. The van der Waals surface area contributed by atoms with E-state index in [1.807, 2.05) is 50.2 Å². The number of halogens is 1. The number of aliphatic hydroxyl groups is 1. The van der Waals surface area contributed by atoms with Gasteiger partial charge >= 0.3 is 5.97 Å². The Morgan fingerprint density at radius 2 is 1.76 bits per heavy atom. The third kappa shape index (κ3) is 7.22. The molecule has 0 aromatic heterocycles. The van der Waals surface area contributed by atoms with E-state index < -0.39 is 12.1 Å². The molecule has 3 rings (SSSR count). The molecule has 0 fully saturated rings. The molecule has 7 heteroatoms. The number of carboxylic acids is 1. The fourth-order valence-electron chi connectivity index (χ4n) is 3.29. The maximum atomic E-state index is 11.4. The van der Waals surface area contributed by atoms with E-state index in [4.69, 9.17) is 21.1 Å². The van der Waals surface area contributed by atoms with Crippen LogP contribution in [0.15, 0.2) is 66.7 Å². The predicted molar refractivity (Wildman–Crippen MR) is 129 cm³/mol. The second-order valence-corrected chi connectivity index (χ2v) is 8.27.